The van der Waals surface area contributed by atoms with Gasteiger partial charge in [-0.25, -0.2) is 0 Å². The van der Waals surface area contributed by atoms with Crippen LogP contribution in [-0.2, 0) is 0 Å². The molecule has 0 aromatic heterocycles. The number of para-hydroxylation sites is 1. The Hall–Kier alpha value is -2.69. The first kappa shape index (κ1) is 14.7. The highest BCUT2D eigenvalue weighted by atomic mass is 35.5. The number of methoxy groups -OCH3 is 1. The Morgan fingerprint density at radius 3 is 2.57 bits per heavy atom. The summed E-state index contributed by atoms with van der Waals surface area (Å²) in [6.45, 7) is 0. The summed E-state index contributed by atoms with van der Waals surface area (Å²) < 4.78 is 5.10. The Labute approximate surface area is 128 Å². The molecule has 2 aromatic carbocycles. The van der Waals surface area contributed by atoms with Gasteiger partial charge < -0.3 is 10.1 Å². The average molecular weight is 298 g/mol. The summed E-state index contributed by atoms with van der Waals surface area (Å²) in [5, 5.41) is 22.1. The van der Waals surface area contributed by atoms with Gasteiger partial charge in [0.2, 0.25) is 0 Å². The topological polar surface area (TPSA) is 68.8 Å². The number of halogens is 1. The molecule has 4 nitrogen and oxygen atoms in total. The fourth-order valence-electron chi connectivity index (χ4n) is 1.92. The zero-order valence-corrected chi connectivity index (χ0v) is 12.1. The molecule has 0 bridgehead atoms. The van der Waals surface area contributed by atoms with Crippen molar-refractivity contribution in [2.45, 2.75) is 6.04 Å². The average Bonchev–Trinajstić information content (AvgIpc) is 2.53. The lowest BCUT2D eigenvalue weighted by atomic mass is 10.0. The van der Waals surface area contributed by atoms with Crippen LogP contribution in [-0.4, -0.2) is 7.11 Å². The second-order valence-electron chi connectivity index (χ2n) is 4.26. The van der Waals surface area contributed by atoms with Gasteiger partial charge in [0.15, 0.2) is 0 Å². The molecule has 0 spiro atoms. The minimum Gasteiger partial charge on any atom is -0.495 e. The van der Waals surface area contributed by atoms with E-state index in [0.29, 0.717) is 27.6 Å². The molecule has 0 radical (unpaired) electrons. The normalized spacial score (nSPS) is 11.0. The third-order valence-electron chi connectivity index (χ3n) is 2.98. The van der Waals surface area contributed by atoms with E-state index < -0.39 is 6.04 Å². The van der Waals surface area contributed by atoms with E-state index in [-0.39, 0.29) is 0 Å². The van der Waals surface area contributed by atoms with Gasteiger partial charge in [0.25, 0.3) is 0 Å². The molecule has 1 atom stereocenters. The summed E-state index contributed by atoms with van der Waals surface area (Å²) in [6.07, 6.45) is 0. The summed E-state index contributed by atoms with van der Waals surface area (Å²) in [7, 11) is 1.50. The van der Waals surface area contributed by atoms with Crippen molar-refractivity contribution in [3.05, 3.63) is 58.6 Å². The van der Waals surface area contributed by atoms with Crippen molar-refractivity contribution in [2.24, 2.45) is 0 Å². The zero-order valence-electron chi connectivity index (χ0n) is 11.3. The molecule has 2 aromatic rings. The van der Waals surface area contributed by atoms with Crippen LogP contribution in [0.15, 0.2) is 42.5 Å². The molecule has 0 heterocycles. The molecular weight excluding hydrogens is 286 g/mol. The fraction of sp³-hybridized carbons (Fsp3) is 0.125. The molecule has 0 aliphatic rings. The smallest absolute Gasteiger partial charge is 0.140 e. The number of nitriles is 2. The number of nitrogens with zero attached hydrogens (tertiary/aromatic N) is 2. The first-order valence-corrected chi connectivity index (χ1v) is 6.56. The molecule has 0 fully saturated rings. The summed E-state index contributed by atoms with van der Waals surface area (Å²) in [4.78, 5) is 0. The van der Waals surface area contributed by atoms with Gasteiger partial charge in [-0.2, -0.15) is 10.5 Å². The summed E-state index contributed by atoms with van der Waals surface area (Å²) in [5.41, 5.74) is 1.73. The van der Waals surface area contributed by atoms with Crippen LogP contribution in [0, 0.1) is 22.7 Å². The lowest BCUT2D eigenvalue weighted by molar-refractivity contribution is 0.413. The monoisotopic (exact) mass is 297 g/mol. The number of hydrogen-bond donors (Lipinski definition) is 1. The van der Waals surface area contributed by atoms with E-state index in [1.54, 1.807) is 30.3 Å². The van der Waals surface area contributed by atoms with Crippen molar-refractivity contribution in [3.63, 3.8) is 0 Å². The summed E-state index contributed by atoms with van der Waals surface area (Å²) in [6, 6.07) is 15.8. The van der Waals surface area contributed by atoms with Crippen LogP contribution in [0.1, 0.15) is 17.2 Å². The molecule has 2 rings (SSSR count). The Balaban J connectivity index is 2.33. The van der Waals surface area contributed by atoms with E-state index in [2.05, 4.69) is 17.5 Å². The second kappa shape index (κ2) is 6.65. The number of nitrogens with one attached hydrogen (secondary N) is 1. The predicted molar refractivity (Wildman–Crippen MR) is 81.1 cm³/mol. The molecule has 5 heteroatoms. The Kier molecular flexibility index (Phi) is 4.66. The molecule has 1 unspecified atom stereocenters. The zero-order chi connectivity index (χ0) is 15.2. The van der Waals surface area contributed by atoms with Gasteiger partial charge in [-0.15, -0.1) is 0 Å². The number of benzene rings is 2. The van der Waals surface area contributed by atoms with E-state index in [1.807, 2.05) is 12.1 Å². The predicted octanol–water partition coefficient (Wildman–Crippen LogP) is 3.90. The van der Waals surface area contributed by atoms with Crippen LogP contribution >= 0.6 is 11.6 Å². The highest BCUT2D eigenvalue weighted by Crippen LogP contribution is 2.28. The molecule has 0 saturated carbocycles. The van der Waals surface area contributed by atoms with Crippen molar-refractivity contribution >= 4 is 17.3 Å². The first-order valence-electron chi connectivity index (χ1n) is 6.18. The minimum absolute atomic E-state index is 0.385. The molecule has 104 valence electrons. The maximum absolute atomic E-state index is 9.35. The maximum Gasteiger partial charge on any atom is 0.140 e. The van der Waals surface area contributed by atoms with Crippen LogP contribution in [0.5, 0.6) is 5.75 Å². The number of rotatable bonds is 4. The van der Waals surface area contributed by atoms with Crippen molar-refractivity contribution in [1.82, 2.24) is 0 Å². The maximum atomic E-state index is 9.35. The third kappa shape index (κ3) is 3.25. The molecule has 0 amide bonds. The first-order chi connectivity index (χ1) is 10.2. The highest BCUT2D eigenvalue weighted by Gasteiger charge is 2.14. The van der Waals surface area contributed by atoms with Crippen LogP contribution in [0.4, 0.5) is 5.69 Å². The number of ether oxygens (including phenoxy) is 1. The van der Waals surface area contributed by atoms with Crippen LogP contribution < -0.4 is 10.1 Å². The van der Waals surface area contributed by atoms with Gasteiger partial charge in [0, 0.05) is 0 Å². The van der Waals surface area contributed by atoms with E-state index in [9.17, 15) is 5.26 Å². The SMILES string of the molecule is COc1ccc(C(C#N)Nc2ccccc2Cl)cc1C#N. The molecule has 21 heavy (non-hydrogen) atoms. The van der Waals surface area contributed by atoms with Gasteiger partial charge in [0.1, 0.15) is 17.9 Å². The Morgan fingerprint density at radius 1 is 1.19 bits per heavy atom. The highest BCUT2D eigenvalue weighted by molar-refractivity contribution is 6.33. The van der Waals surface area contributed by atoms with Crippen molar-refractivity contribution < 1.29 is 4.74 Å². The van der Waals surface area contributed by atoms with Crippen molar-refractivity contribution in [1.29, 1.82) is 10.5 Å². The molecule has 0 saturated heterocycles. The third-order valence-corrected chi connectivity index (χ3v) is 3.31. The minimum atomic E-state index is -0.608. The molecule has 0 aliphatic carbocycles. The van der Waals surface area contributed by atoms with Crippen LogP contribution in [0.2, 0.25) is 5.02 Å². The lowest BCUT2D eigenvalue weighted by Gasteiger charge is -2.15. The Morgan fingerprint density at radius 2 is 1.95 bits per heavy atom. The largest absolute Gasteiger partial charge is 0.495 e. The Bertz CT molecular complexity index is 731. The van der Waals surface area contributed by atoms with E-state index in [4.69, 9.17) is 21.6 Å². The van der Waals surface area contributed by atoms with E-state index in [0.717, 1.165) is 0 Å². The molecule has 0 aliphatic heterocycles. The van der Waals surface area contributed by atoms with Crippen LogP contribution in [0.3, 0.4) is 0 Å². The standard InChI is InChI=1S/C16H12ClN3O/c1-21-16-7-6-11(8-12(16)9-18)15(10-19)20-14-5-3-2-4-13(14)17/h2-8,15,20H,1H3. The van der Waals surface area contributed by atoms with Gasteiger partial charge in [0.05, 0.1) is 29.5 Å². The molecule has 1 N–H and O–H groups in total. The number of hydrogen-bond acceptors (Lipinski definition) is 4. The van der Waals surface area contributed by atoms with Gasteiger partial charge in [-0.1, -0.05) is 29.8 Å². The number of anilines is 1. The van der Waals surface area contributed by atoms with Gasteiger partial charge in [-0.05, 0) is 29.8 Å². The quantitative estimate of drug-likeness (QED) is 0.929. The van der Waals surface area contributed by atoms with Gasteiger partial charge in [-0.3, -0.25) is 0 Å². The van der Waals surface area contributed by atoms with Crippen molar-refractivity contribution in [2.75, 3.05) is 12.4 Å². The molecular formula is C16H12ClN3O. The van der Waals surface area contributed by atoms with E-state index in [1.165, 1.54) is 7.11 Å². The summed E-state index contributed by atoms with van der Waals surface area (Å²) >= 11 is 6.07. The lowest BCUT2D eigenvalue weighted by Crippen LogP contribution is -2.09. The summed E-state index contributed by atoms with van der Waals surface area (Å²) in [5.74, 6) is 0.482. The van der Waals surface area contributed by atoms with Crippen LogP contribution in [0.25, 0.3) is 0 Å². The fourth-order valence-corrected chi connectivity index (χ4v) is 2.11. The van der Waals surface area contributed by atoms with Gasteiger partial charge >= 0.3 is 0 Å². The van der Waals surface area contributed by atoms with Crippen molar-refractivity contribution in [3.8, 4) is 17.9 Å². The second-order valence-corrected chi connectivity index (χ2v) is 4.67. The van der Waals surface area contributed by atoms with E-state index >= 15 is 0 Å².